The molecule has 0 spiro atoms. The Morgan fingerprint density at radius 1 is 1.12 bits per heavy atom. The molecular weight excluding hydrogens is 546 g/mol. The summed E-state index contributed by atoms with van der Waals surface area (Å²) in [7, 11) is 0. The molecule has 0 atom stereocenters. The molecule has 1 saturated heterocycles. The molecule has 3 aromatic rings. The van der Waals surface area contributed by atoms with Crippen molar-refractivity contribution >= 4 is 52.0 Å². The normalized spacial score (nSPS) is 14.8. The summed E-state index contributed by atoms with van der Waals surface area (Å²) in [5, 5.41) is 24.6. The Bertz CT molecular complexity index is 1610. The van der Waals surface area contributed by atoms with Crippen molar-refractivity contribution in [2.45, 2.75) is 19.9 Å². The van der Waals surface area contributed by atoms with Crippen LogP contribution >= 0.6 is 22.9 Å². The Balaban J connectivity index is 1.41. The first kappa shape index (κ1) is 28.9. The summed E-state index contributed by atoms with van der Waals surface area (Å²) in [4.78, 5) is 30.1. The number of piperazine rings is 1. The molecule has 2 N–H and O–H groups in total. The number of nitrogens with one attached hydrogen (secondary N) is 2. The minimum atomic E-state index is -0.675. The molecule has 1 aromatic heterocycles. The van der Waals surface area contributed by atoms with Gasteiger partial charge in [-0.2, -0.15) is 10.5 Å². The van der Waals surface area contributed by atoms with Crippen molar-refractivity contribution < 1.29 is 4.79 Å². The molecule has 206 valence electrons. The van der Waals surface area contributed by atoms with Crippen molar-refractivity contribution in [3.63, 3.8) is 0 Å². The first-order chi connectivity index (χ1) is 19.4. The summed E-state index contributed by atoms with van der Waals surface area (Å²) in [6.07, 6.45) is 2.51. The van der Waals surface area contributed by atoms with Crippen molar-refractivity contribution in [3.05, 3.63) is 78.7 Å². The van der Waals surface area contributed by atoms with Gasteiger partial charge in [-0.25, -0.2) is 0 Å². The number of thiazole rings is 1. The Labute approximate surface area is 241 Å². The third-order valence-electron chi connectivity index (χ3n) is 6.68. The monoisotopic (exact) mass is 575 g/mol. The van der Waals surface area contributed by atoms with E-state index in [4.69, 9.17) is 16.9 Å². The second-order valence-corrected chi connectivity index (χ2v) is 10.7. The highest BCUT2D eigenvalue weighted by Crippen LogP contribution is 2.20. The number of benzene rings is 2. The van der Waals surface area contributed by atoms with Gasteiger partial charge in [0, 0.05) is 61.9 Å². The van der Waals surface area contributed by atoms with E-state index in [-0.39, 0.29) is 22.3 Å². The van der Waals surface area contributed by atoms with E-state index in [1.54, 1.807) is 13.1 Å². The Morgan fingerprint density at radius 3 is 2.55 bits per heavy atom. The average molecular weight is 576 g/mol. The number of hydrogen-bond acceptors (Lipinski definition) is 8. The molecule has 4 rings (SSSR count). The Morgan fingerprint density at radius 2 is 1.88 bits per heavy atom. The number of nitriles is 2. The zero-order chi connectivity index (χ0) is 28.5. The second-order valence-electron chi connectivity index (χ2n) is 9.19. The van der Waals surface area contributed by atoms with Gasteiger partial charge in [0.05, 0.1) is 6.07 Å². The van der Waals surface area contributed by atoms with Crippen molar-refractivity contribution in [2.75, 3.05) is 49.5 Å². The SMILES string of the molecule is CCn1c(=O)/c(=C\Nc2cccc(CCN3CCN(c4ccc(Cl)cc4)CC3)c2)s/c1=C(/C#N)C(=O)NCC#N. The third-order valence-corrected chi connectivity index (χ3v) is 8.06. The molecule has 1 fully saturated rings. The zero-order valence-corrected chi connectivity index (χ0v) is 23.8. The number of carbonyl (C=O) groups excluding carboxylic acids is 1. The van der Waals surface area contributed by atoms with E-state index in [1.807, 2.05) is 36.4 Å². The van der Waals surface area contributed by atoms with Crippen LogP contribution in [0.25, 0.3) is 11.8 Å². The molecule has 2 heterocycles. The van der Waals surface area contributed by atoms with Crippen LogP contribution in [0, 0.1) is 22.7 Å². The highest BCUT2D eigenvalue weighted by atomic mass is 35.5. The maximum absolute atomic E-state index is 13.0. The lowest BCUT2D eigenvalue weighted by atomic mass is 10.1. The summed E-state index contributed by atoms with van der Waals surface area (Å²) >= 11 is 7.08. The van der Waals surface area contributed by atoms with Gasteiger partial charge < -0.3 is 15.5 Å². The van der Waals surface area contributed by atoms with Gasteiger partial charge in [0.1, 0.15) is 21.8 Å². The van der Waals surface area contributed by atoms with Crippen LogP contribution in [0.1, 0.15) is 12.5 Å². The summed E-state index contributed by atoms with van der Waals surface area (Å²) in [6.45, 7) is 6.75. The number of halogens is 1. The van der Waals surface area contributed by atoms with Gasteiger partial charge >= 0.3 is 0 Å². The highest BCUT2D eigenvalue weighted by molar-refractivity contribution is 7.07. The first-order valence-electron chi connectivity index (χ1n) is 13.0. The van der Waals surface area contributed by atoms with Crippen LogP contribution in [0.4, 0.5) is 11.4 Å². The lowest BCUT2D eigenvalue weighted by molar-refractivity contribution is -0.115. The van der Waals surface area contributed by atoms with Crippen LogP contribution in [0.2, 0.25) is 5.02 Å². The number of nitrogens with zero attached hydrogens (tertiary/aromatic N) is 5. The molecule has 0 aliphatic carbocycles. The molecule has 11 heteroatoms. The van der Waals surface area contributed by atoms with Gasteiger partial charge in [0.15, 0.2) is 5.57 Å². The highest BCUT2D eigenvalue weighted by Gasteiger charge is 2.17. The Hall–Kier alpha value is -4.09. The molecule has 0 unspecified atom stereocenters. The predicted molar refractivity (Wildman–Crippen MR) is 159 cm³/mol. The molecule has 0 bridgehead atoms. The average Bonchev–Trinajstić information content (AvgIpc) is 3.29. The minimum Gasteiger partial charge on any atom is -0.369 e. The molecule has 9 nitrogen and oxygen atoms in total. The lowest BCUT2D eigenvalue weighted by Crippen LogP contribution is -2.46. The zero-order valence-electron chi connectivity index (χ0n) is 22.2. The fourth-order valence-corrected chi connectivity index (χ4v) is 5.74. The smallest absolute Gasteiger partial charge is 0.270 e. The molecule has 0 radical (unpaired) electrons. The van der Waals surface area contributed by atoms with E-state index in [1.165, 1.54) is 15.8 Å². The van der Waals surface area contributed by atoms with E-state index in [0.29, 0.717) is 11.1 Å². The molecule has 40 heavy (non-hydrogen) atoms. The number of hydrogen-bond donors (Lipinski definition) is 2. The summed E-state index contributed by atoms with van der Waals surface area (Å²) in [5.74, 6) is -0.675. The summed E-state index contributed by atoms with van der Waals surface area (Å²) in [6, 6.07) is 19.7. The van der Waals surface area contributed by atoms with E-state index in [9.17, 15) is 14.9 Å². The predicted octanol–water partition coefficient (Wildman–Crippen LogP) is 2.11. The van der Waals surface area contributed by atoms with Crippen LogP contribution in [0.15, 0.2) is 53.3 Å². The van der Waals surface area contributed by atoms with Crippen molar-refractivity contribution in [3.8, 4) is 12.1 Å². The van der Waals surface area contributed by atoms with Gasteiger partial charge in [0.2, 0.25) is 0 Å². The maximum atomic E-state index is 13.0. The Kier molecular flexibility index (Phi) is 9.98. The first-order valence-corrected chi connectivity index (χ1v) is 14.2. The molecule has 2 aromatic carbocycles. The number of rotatable bonds is 9. The topological polar surface area (TPSA) is 117 Å². The van der Waals surface area contributed by atoms with E-state index in [2.05, 4.69) is 44.7 Å². The minimum absolute atomic E-state index is 0.185. The van der Waals surface area contributed by atoms with Crippen LogP contribution < -0.4 is 30.3 Å². The van der Waals surface area contributed by atoms with Crippen molar-refractivity contribution in [1.82, 2.24) is 14.8 Å². The van der Waals surface area contributed by atoms with Crippen LogP contribution in [0.5, 0.6) is 0 Å². The number of aromatic nitrogens is 1. The van der Waals surface area contributed by atoms with Gasteiger partial charge in [0.25, 0.3) is 11.5 Å². The standard InChI is InChI=1S/C29H30ClN7O2S/c1-2-37-28(39)26(40-29(37)25(19-32)27(38)33-12-11-31)20-34-23-5-3-4-21(18-23)10-13-35-14-16-36(17-15-35)24-8-6-22(30)7-9-24/h3-9,18,20,34H,2,10,12-17H2,1H3,(H,33,38)/b26-20+,29-25-. The van der Waals surface area contributed by atoms with Gasteiger partial charge in [-0.15, -0.1) is 11.3 Å². The van der Waals surface area contributed by atoms with Crippen LogP contribution in [-0.4, -0.2) is 54.6 Å². The summed E-state index contributed by atoms with van der Waals surface area (Å²) in [5.41, 5.74) is 2.76. The van der Waals surface area contributed by atoms with Crippen molar-refractivity contribution in [1.29, 1.82) is 10.5 Å². The quantitative estimate of drug-likeness (QED) is 0.375. The molecular formula is C29H30ClN7O2S. The number of amides is 1. The largest absolute Gasteiger partial charge is 0.369 e. The van der Waals surface area contributed by atoms with Crippen LogP contribution in [-0.2, 0) is 17.8 Å². The number of anilines is 2. The second kappa shape index (κ2) is 13.8. The molecule has 1 aliphatic heterocycles. The van der Waals surface area contributed by atoms with E-state index in [0.717, 1.165) is 61.2 Å². The molecule has 1 aliphatic rings. The fourth-order valence-electron chi connectivity index (χ4n) is 4.53. The van der Waals surface area contributed by atoms with E-state index >= 15 is 0 Å². The number of carbonyl (C=O) groups is 1. The fraction of sp³-hybridized carbons (Fsp3) is 0.310. The van der Waals surface area contributed by atoms with Gasteiger partial charge in [-0.05, 0) is 55.3 Å². The van der Waals surface area contributed by atoms with Gasteiger partial charge in [-0.3, -0.25) is 19.1 Å². The third kappa shape index (κ3) is 7.10. The molecule has 0 saturated carbocycles. The van der Waals surface area contributed by atoms with Crippen molar-refractivity contribution in [2.24, 2.45) is 0 Å². The summed E-state index contributed by atoms with van der Waals surface area (Å²) < 4.78 is 2.04. The molecule has 1 amide bonds. The van der Waals surface area contributed by atoms with Gasteiger partial charge in [-0.1, -0.05) is 23.7 Å². The maximum Gasteiger partial charge on any atom is 0.270 e. The van der Waals surface area contributed by atoms with Crippen LogP contribution in [0.3, 0.4) is 0 Å². The van der Waals surface area contributed by atoms with E-state index < -0.39 is 5.91 Å². The lowest BCUT2D eigenvalue weighted by Gasteiger charge is -2.36.